The van der Waals surface area contributed by atoms with E-state index < -0.39 is 5.97 Å². The Morgan fingerprint density at radius 1 is 1.29 bits per heavy atom. The number of nitrogens with zero attached hydrogens (tertiary/aromatic N) is 1. The lowest BCUT2D eigenvalue weighted by atomic mass is 10.2. The van der Waals surface area contributed by atoms with E-state index in [0.29, 0.717) is 11.9 Å². The summed E-state index contributed by atoms with van der Waals surface area (Å²) in [6.07, 6.45) is 4.29. The minimum absolute atomic E-state index is 0.0286. The summed E-state index contributed by atoms with van der Waals surface area (Å²) in [5.41, 5.74) is 0.772. The Hall–Kier alpha value is -2.36. The van der Waals surface area contributed by atoms with E-state index >= 15 is 0 Å². The van der Waals surface area contributed by atoms with E-state index in [9.17, 15) is 9.59 Å². The summed E-state index contributed by atoms with van der Waals surface area (Å²) in [7, 11) is 0. The number of carbonyl (C=O) groups is 1. The van der Waals surface area contributed by atoms with Crippen molar-refractivity contribution < 1.29 is 9.90 Å². The largest absolute Gasteiger partial charge is 0.478 e. The Kier molecular flexibility index (Phi) is 3.05. The Balaban J connectivity index is 2.45. The lowest BCUT2D eigenvalue weighted by Gasteiger charge is -2.07. The number of hydrogen-bond donors (Lipinski definition) is 1. The van der Waals surface area contributed by atoms with Crippen LogP contribution < -0.4 is 5.43 Å². The summed E-state index contributed by atoms with van der Waals surface area (Å²) in [5.74, 6) is -0.977. The highest BCUT2D eigenvalue weighted by molar-refractivity contribution is 5.80. The van der Waals surface area contributed by atoms with Gasteiger partial charge in [0.1, 0.15) is 0 Å². The maximum absolute atomic E-state index is 11.6. The van der Waals surface area contributed by atoms with Crippen LogP contribution in [0.3, 0.4) is 0 Å². The van der Waals surface area contributed by atoms with Crippen molar-refractivity contribution in [3.63, 3.8) is 0 Å². The van der Waals surface area contributed by atoms with Crippen LogP contribution in [0, 0.1) is 0 Å². The standard InChI is InChI=1S/C13H11NO3/c15-12-7-9-14(8-3-6-13(16)17)11-5-2-1-4-10(11)12/h1-7,9H,8H2,(H,16,17)/b6-3+. The zero-order valence-corrected chi connectivity index (χ0v) is 9.04. The maximum Gasteiger partial charge on any atom is 0.328 e. The topological polar surface area (TPSA) is 59.3 Å². The molecule has 1 aromatic carbocycles. The van der Waals surface area contributed by atoms with E-state index in [1.807, 2.05) is 16.7 Å². The molecule has 0 amide bonds. The van der Waals surface area contributed by atoms with Gasteiger partial charge in [0.05, 0.1) is 5.52 Å². The zero-order chi connectivity index (χ0) is 12.3. The summed E-state index contributed by atoms with van der Waals surface area (Å²) in [6, 6.07) is 8.73. The van der Waals surface area contributed by atoms with Crippen LogP contribution in [0.1, 0.15) is 0 Å². The first-order chi connectivity index (χ1) is 8.18. The zero-order valence-electron chi connectivity index (χ0n) is 9.04. The first kappa shape index (κ1) is 11.1. The van der Waals surface area contributed by atoms with E-state index in [-0.39, 0.29) is 5.43 Å². The molecule has 0 saturated carbocycles. The molecule has 4 nitrogen and oxygen atoms in total. The molecular formula is C13H11NO3. The van der Waals surface area contributed by atoms with Gasteiger partial charge in [-0.05, 0) is 12.1 Å². The molecule has 0 bridgehead atoms. The van der Waals surface area contributed by atoms with E-state index in [4.69, 9.17) is 5.11 Å². The second-order valence-corrected chi connectivity index (χ2v) is 3.59. The fourth-order valence-electron chi connectivity index (χ4n) is 1.69. The van der Waals surface area contributed by atoms with Gasteiger partial charge < -0.3 is 9.67 Å². The maximum atomic E-state index is 11.6. The number of carboxylic acids is 1. The van der Waals surface area contributed by atoms with E-state index in [1.165, 1.54) is 6.07 Å². The lowest BCUT2D eigenvalue weighted by Crippen LogP contribution is -2.07. The second kappa shape index (κ2) is 4.65. The summed E-state index contributed by atoms with van der Waals surface area (Å²) < 4.78 is 1.83. The van der Waals surface area contributed by atoms with Gasteiger partial charge in [0.2, 0.25) is 0 Å². The molecule has 1 heterocycles. The molecule has 0 aliphatic heterocycles. The van der Waals surface area contributed by atoms with Crippen molar-refractivity contribution >= 4 is 16.9 Å². The number of aliphatic carboxylic acids is 1. The predicted molar refractivity (Wildman–Crippen MR) is 65.0 cm³/mol. The fourth-order valence-corrected chi connectivity index (χ4v) is 1.69. The molecule has 2 aromatic rings. The van der Waals surface area contributed by atoms with Crippen LogP contribution in [-0.2, 0) is 11.3 Å². The second-order valence-electron chi connectivity index (χ2n) is 3.59. The number of benzene rings is 1. The number of pyridine rings is 1. The van der Waals surface area contributed by atoms with Crippen LogP contribution >= 0.6 is 0 Å². The first-order valence-corrected chi connectivity index (χ1v) is 5.16. The molecule has 0 saturated heterocycles. The monoisotopic (exact) mass is 229 g/mol. The third-order valence-electron chi connectivity index (χ3n) is 2.45. The summed E-state index contributed by atoms with van der Waals surface area (Å²) in [4.78, 5) is 21.9. The van der Waals surface area contributed by atoms with E-state index in [2.05, 4.69) is 0 Å². The molecule has 17 heavy (non-hydrogen) atoms. The Morgan fingerprint density at radius 2 is 2.06 bits per heavy atom. The number of fused-ring (bicyclic) bond motifs is 1. The number of para-hydroxylation sites is 1. The number of carboxylic acid groups (broad SMARTS) is 1. The highest BCUT2D eigenvalue weighted by atomic mass is 16.4. The molecule has 0 radical (unpaired) electrons. The SMILES string of the molecule is O=C(O)/C=C/Cn1ccc(=O)c2ccccc21. The van der Waals surface area contributed by atoms with Gasteiger partial charge in [-0.15, -0.1) is 0 Å². The van der Waals surface area contributed by atoms with Crippen LogP contribution in [0.5, 0.6) is 0 Å². The summed E-state index contributed by atoms with van der Waals surface area (Å²) in [5, 5.41) is 9.14. The average Bonchev–Trinajstić information content (AvgIpc) is 2.32. The highest BCUT2D eigenvalue weighted by Crippen LogP contribution is 2.09. The molecule has 0 aliphatic rings. The predicted octanol–water partition coefficient (Wildman–Crippen LogP) is 1.64. The molecule has 0 spiro atoms. The van der Waals surface area contributed by atoms with Gasteiger partial charge in [-0.25, -0.2) is 4.79 Å². The van der Waals surface area contributed by atoms with Gasteiger partial charge in [-0.3, -0.25) is 4.79 Å². The van der Waals surface area contributed by atoms with Gasteiger partial charge in [0.25, 0.3) is 0 Å². The number of hydrogen-bond acceptors (Lipinski definition) is 2. The minimum atomic E-state index is -0.977. The first-order valence-electron chi connectivity index (χ1n) is 5.16. The van der Waals surface area contributed by atoms with Crippen molar-refractivity contribution in [1.82, 2.24) is 4.57 Å². The average molecular weight is 229 g/mol. The number of allylic oxidation sites excluding steroid dienone is 1. The molecule has 2 rings (SSSR count). The molecular weight excluding hydrogens is 218 g/mol. The van der Waals surface area contributed by atoms with Gasteiger partial charge in [0, 0.05) is 30.3 Å². The highest BCUT2D eigenvalue weighted by Gasteiger charge is 2.00. The quantitative estimate of drug-likeness (QED) is 0.814. The number of rotatable bonds is 3. The van der Waals surface area contributed by atoms with Gasteiger partial charge >= 0.3 is 5.97 Å². The van der Waals surface area contributed by atoms with Crippen LogP contribution in [0.25, 0.3) is 10.9 Å². The van der Waals surface area contributed by atoms with Crippen molar-refractivity contribution in [2.75, 3.05) is 0 Å². The van der Waals surface area contributed by atoms with E-state index in [1.54, 1.807) is 24.4 Å². The molecule has 0 fully saturated rings. The van der Waals surface area contributed by atoms with Gasteiger partial charge in [-0.2, -0.15) is 0 Å². The normalized spacial score (nSPS) is 11.1. The van der Waals surface area contributed by atoms with Crippen molar-refractivity contribution in [3.8, 4) is 0 Å². The Bertz CT molecular complexity index is 640. The number of aromatic nitrogens is 1. The van der Waals surface area contributed by atoms with Crippen LogP contribution in [-0.4, -0.2) is 15.6 Å². The lowest BCUT2D eigenvalue weighted by molar-refractivity contribution is -0.131. The van der Waals surface area contributed by atoms with Gasteiger partial charge in [0.15, 0.2) is 5.43 Å². The smallest absolute Gasteiger partial charge is 0.328 e. The van der Waals surface area contributed by atoms with Gasteiger partial charge in [-0.1, -0.05) is 18.2 Å². The van der Waals surface area contributed by atoms with Crippen LogP contribution in [0.15, 0.2) is 53.5 Å². The third kappa shape index (κ3) is 2.42. The van der Waals surface area contributed by atoms with E-state index in [0.717, 1.165) is 11.6 Å². The fraction of sp³-hybridized carbons (Fsp3) is 0.0769. The Morgan fingerprint density at radius 3 is 2.82 bits per heavy atom. The molecule has 0 atom stereocenters. The third-order valence-corrected chi connectivity index (χ3v) is 2.45. The molecule has 1 aromatic heterocycles. The summed E-state index contributed by atoms with van der Waals surface area (Å²) >= 11 is 0. The molecule has 86 valence electrons. The molecule has 0 unspecified atom stereocenters. The van der Waals surface area contributed by atoms with Crippen molar-refractivity contribution in [2.45, 2.75) is 6.54 Å². The molecule has 1 N–H and O–H groups in total. The van der Waals surface area contributed by atoms with Crippen LogP contribution in [0.2, 0.25) is 0 Å². The van der Waals surface area contributed by atoms with Crippen molar-refractivity contribution in [1.29, 1.82) is 0 Å². The molecule has 0 aliphatic carbocycles. The van der Waals surface area contributed by atoms with Crippen molar-refractivity contribution in [2.24, 2.45) is 0 Å². The van der Waals surface area contributed by atoms with Crippen LogP contribution in [0.4, 0.5) is 0 Å². The summed E-state index contributed by atoms with van der Waals surface area (Å²) in [6.45, 7) is 0.424. The minimum Gasteiger partial charge on any atom is -0.478 e. The molecule has 4 heteroatoms. The van der Waals surface area contributed by atoms with Crippen molar-refractivity contribution in [3.05, 3.63) is 58.9 Å². The Labute approximate surface area is 97.4 Å².